The summed E-state index contributed by atoms with van der Waals surface area (Å²) in [5.41, 5.74) is 1.12. The van der Waals surface area contributed by atoms with Crippen molar-refractivity contribution in [1.29, 1.82) is 0 Å². The highest BCUT2D eigenvalue weighted by Gasteiger charge is 2.16. The predicted octanol–water partition coefficient (Wildman–Crippen LogP) is 3.66. The fraction of sp³-hybridized carbons (Fsp3) is 0.312. The first kappa shape index (κ1) is 13.7. The third-order valence-electron chi connectivity index (χ3n) is 3.58. The largest absolute Gasteiger partial charge is 0.207 e. The first-order valence-electron chi connectivity index (χ1n) is 7.12. The summed E-state index contributed by atoms with van der Waals surface area (Å²) in [5, 5.41) is 14.3. The molecule has 108 valence electrons. The van der Waals surface area contributed by atoms with Gasteiger partial charge in [0.2, 0.25) is 0 Å². The average Bonchev–Trinajstić information content (AvgIpc) is 2.90. The number of tetrazole rings is 1. The van der Waals surface area contributed by atoms with Gasteiger partial charge in [0, 0.05) is 0 Å². The maximum absolute atomic E-state index is 13.3. The zero-order chi connectivity index (χ0) is 14.8. The van der Waals surface area contributed by atoms with Gasteiger partial charge in [-0.25, -0.2) is 4.39 Å². The number of halogens is 1. The van der Waals surface area contributed by atoms with E-state index >= 15 is 0 Å². The Balaban J connectivity index is 2.04. The number of aryl methyl sites for hydroxylation is 1. The molecule has 0 aliphatic rings. The van der Waals surface area contributed by atoms with Gasteiger partial charge in [0.25, 0.3) is 0 Å². The van der Waals surface area contributed by atoms with Gasteiger partial charge in [-0.15, -0.1) is 10.2 Å². The van der Waals surface area contributed by atoms with Crippen LogP contribution >= 0.6 is 0 Å². The van der Waals surface area contributed by atoms with Crippen molar-refractivity contribution in [3.8, 4) is 0 Å². The molecule has 0 N–H and O–H groups in total. The van der Waals surface area contributed by atoms with E-state index in [9.17, 15) is 4.39 Å². The van der Waals surface area contributed by atoms with Crippen molar-refractivity contribution in [2.45, 2.75) is 32.7 Å². The van der Waals surface area contributed by atoms with E-state index in [0.29, 0.717) is 5.82 Å². The Morgan fingerprint density at radius 1 is 1.14 bits per heavy atom. The molecule has 3 aromatic rings. The number of benzene rings is 2. The summed E-state index contributed by atoms with van der Waals surface area (Å²) >= 11 is 0. The van der Waals surface area contributed by atoms with Crippen LogP contribution in [0.1, 0.15) is 37.2 Å². The van der Waals surface area contributed by atoms with Crippen LogP contribution in [0.2, 0.25) is 0 Å². The van der Waals surface area contributed by atoms with Crippen LogP contribution in [-0.4, -0.2) is 20.2 Å². The molecule has 0 radical (unpaired) electrons. The molecule has 0 saturated carbocycles. The summed E-state index contributed by atoms with van der Waals surface area (Å²) in [6.07, 6.45) is 1.95. The van der Waals surface area contributed by atoms with Crippen LogP contribution in [0.5, 0.6) is 0 Å². The zero-order valence-corrected chi connectivity index (χ0v) is 12.1. The number of aromatic nitrogens is 4. The van der Waals surface area contributed by atoms with E-state index in [1.807, 2.05) is 19.1 Å². The second-order valence-electron chi connectivity index (χ2n) is 5.21. The fourth-order valence-corrected chi connectivity index (χ4v) is 2.56. The third-order valence-corrected chi connectivity index (χ3v) is 3.58. The van der Waals surface area contributed by atoms with E-state index in [0.717, 1.165) is 29.2 Å². The minimum absolute atomic E-state index is 0.0608. The molecule has 1 heterocycles. The van der Waals surface area contributed by atoms with Crippen LogP contribution in [0.3, 0.4) is 0 Å². The average molecular weight is 284 g/mol. The van der Waals surface area contributed by atoms with Gasteiger partial charge in [0.15, 0.2) is 5.82 Å². The molecule has 3 rings (SSSR count). The van der Waals surface area contributed by atoms with Crippen molar-refractivity contribution in [1.82, 2.24) is 20.2 Å². The number of rotatable bonds is 4. The highest BCUT2D eigenvalue weighted by atomic mass is 19.1. The molecular weight excluding hydrogens is 267 g/mol. The van der Waals surface area contributed by atoms with Gasteiger partial charge in [-0.1, -0.05) is 31.5 Å². The first-order valence-corrected chi connectivity index (χ1v) is 7.12. The van der Waals surface area contributed by atoms with Crippen LogP contribution < -0.4 is 0 Å². The van der Waals surface area contributed by atoms with Gasteiger partial charge in [-0.3, -0.25) is 0 Å². The summed E-state index contributed by atoms with van der Waals surface area (Å²) in [6.45, 7) is 3.96. The highest BCUT2D eigenvalue weighted by Crippen LogP contribution is 2.26. The van der Waals surface area contributed by atoms with E-state index in [2.05, 4.69) is 28.4 Å². The van der Waals surface area contributed by atoms with Gasteiger partial charge < -0.3 is 0 Å². The molecule has 4 nitrogen and oxygen atoms in total. The monoisotopic (exact) mass is 284 g/mol. The topological polar surface area (TPSA) is 43.6 Å². The minimum Gasteiger partial charge on any atom is -0.207 e. The van der Waals surface area contributed by atoms with Crippen molar-refractivity contribution in [3.63, 3.8) is 0 Å². The Hall–Kier alpha value is -2.30. The molecule has 21 heavy (non-hydrogen) atoms. The first-order chi connectivity index (χ1) is 10.2. The summed E-state index contributed by atoms with van der Waals surface area (Å²) in [6, 6.07) is 10.9. The summed E-state index contributed by atoms with van der Waals surface area (Å²) in [4.78, 5) is 1.67. The lowest BCUT2D eigenvalue weighted by Gasteiger charge is -2.15. The lowest BCUT2D eigenvalue weighted by atomic mass is 9.99. The van der Waals surface area contributed by atoms with E-state index in [1.54, 1.807) is 16.9 Å². The van der Waals surface area contributed by atoms with Gasteiger partial charge >= 0.3 is 0 Å². The number of fused-ring (bicyclic) bond motifs is 1. The molecule has 0 amide bonds. The van der Waals surface area contributed by atoms with Crippen LogP contribution in [0.25, 0.3) is 10.8 Å². The molecule has 0 bridgehead atoms. The predicted molar refractivity (Wildman–Crippen MR) is 79.5 cm³/mol. The number of hydrogen-bond acceptors (Lipinski definition) is 3. The molecule has 1 unspecified atom stereocenters. The molecule has 1 aromatic heterocycles. The second kappa shape index (κ2) is 5.60. The Labute approximate surface area is 122 Å². The second-order valence-corrected chi connectivity index (χ2v) is 5.21. The quantitative estimate of drug-likeness (QED) is 0.734. The van der Waals surface area contributed by atoms with Gasteiger partial charge in [-0.2, -0.15) is 4.80 Å². The molecule has 0 aliphatic carbocycles. The van der Waals surface area contributed by atoms with Crippen molar-refractivity contribution >= 4 is 10.8 Å². The van der Waals surface area contributed by atoms with Crippen molar-refractivity contribution in [3.05, 3.63) is 53.6 Å². The van der Waals surface area contributed by atoms with E-state index in [4.69, 9.17) is 0 Å². The SMILES string of the molecule is CCCC(c1ccc2cc(F)ccc2c1)n1nnc(C)n1. The molecule has 2 aromatic carbocycles. The van der Waals surface area contributed by atoms with E-state index in [-0.39, 0.29) is 11.9 Å². The van der Waals surface area contributed by atoms with E-state index < -0.39 is 0 Å². The number of nitrogens with zero attached hydrogens (tertiary/aromatic N) is 4. The lowest BCUT2D eigenvalue weighted by molar-refractivity contribution is 0.422. The Bertz CT molecular complexity index is 766. The Morgan fingerprint density at radius 2 is 1.90 bits per heavy atom. The molecular formula is C16H17FN4. The van der Waals surface area contributed by atoms with Crippen LogP contribution in [0.4, 0.5) is 4.39 Å². The van der Waals surface area contributed by atoms with Crippen LogP contribution in [-0.2, 0) is 0 Å². The molecule has 1 atom stereocenters. The highest BCUT2D eigenvalue weighted by molar-refractivity contribution is 5.83. The maximum atomic E-state index is 13.3. The summed E-state index contributed by atoms with van der Waals surface area (Å²) < 4.78 is 13.3. The van der Waals surface area contributed by atoms with Crippen molar-refractivity contribution < 1.29 is 4.39 Å². The molecule has 0 fully saturated rings. The van der Waals surface area contributed by atoms with Crippen LogP contribution in [0.15, 0.2) is 36.4 Å². The van der Waals surface area contributed by atoms with Gasteiger partial charge in [0.05, 0.1) is 6.04 Å². The maximum Gasteiger partial charge on any atom is 0.171 e. The van der Waals surface area contributed by atoms with Crippen LogP contribution in [0, 0.1) is 12.7 Å². The fourth-order valence-electron chi connectivity index (χ4n) is 2.56. The van der Waals surface area contributed by atoms with Crippen molar-refractivity contribution in [2.24, 2.45) is 0 Å². The Kier molecular flexibility index (Phi) is 3.64. The zero-order valence-electron chi connectivity index (χ0n) is 12.1. The minimum atomic E-state index is -0.214. The summed E-state index contributed by atoms with van der Waals surface area (Å²) in [5.74, 6) is 0.452. The molecule has 5 heteroatoms. The van der Waals surface area contributed by atoms with Crippen molar-refractivity contribution in [2.75, 3.05) is 0 Å². The lowest BCUT2D eigenvalue weighted by Crippen LogP contribution is -2.14. The Morgan fingerprint density at radius 3 is 2.62 bits per heavy atom. The molecule has 0 aliphatic heterocycles. The standard InChI is InChI=1S/C16H17FN4/c1-3-4-16(21-19-11(2)18-20-21)14-6-5-13-10-15(17)8-7-12(13)9-14/h5-10,16H,3-4H2,1-2H3. The van der Waals surface area contributed by atoms with Gasteiger partial charge in [0.1, 0.15) is 5.82 Å². The third kappa shape index (κ3) is 2.77. The van der Waals surface area contributed by atoms with E-state index in [1.165, 1.54) is 6.07 Å². The summed E-state index contributed by atoms with van der Waals surface area (Å²) in [7, 11) is 0. The smallest absolute Gasteiger partial charge is 0.171 e. The number of hydrogen-bond donors (Lipinski definition) is 0. The van der Waals surface area contributed by atoms with Gasteiger partial charge in [-0.05, 0) is 53.1 Å². The normalized spacial score (nSPS) is 12.7. The molecule has 0 spiro atoms. The molecule has 0 saturated heterocycles.